The molecule has 0 aromatic heterocycles. The predicted octanol–water partition coefficient (Wildman–Crippen LogP) is 5.00. The van der Waals surface area contributed by atoms with Crippen molar-refractivity contribution in [1.29, 1.82) is 0 Å². The summed E-state index contributed by atoms with van der Waals surface area (Å²) < 4.78 is 22.9. The first kappa shape index (κ1) is 17.4. The Balaban J connectivity index is 2.12. The molecule has 1 fully saturated rings. The third kappa shape index (κ3) is 3.47. The summed E-state index contributed by atoms with van der Waals surface area (Å²) >= 11 is 0. The Hall–Kier alpha value is -1.45. The van der Waals surface area contributed by atoms with Crippen LogP contribution < -0.4 is 0 Å². The van der Waals surface area contributed by atoms with Crippen molar-refractivity contribution in [2.45, 2.75) is 37.2 Å². The predicted molar refractivity (Wildman–Crippen MR) is 93.7 cm³/mol. The van der Waals surface area contributed by atoms with Gasteiger partial charge in [0.05, 0.1) is 0 Å². The Labute approximate surface area is 143 Å². The molecule has 5 heteroatoms. The van der Waals surface area contributed by atoms with E-state index in [0.717, 1.165) is 30.4 Å². The molecule has 0 spiro atoms. The van der Waals surface area contributed by atoms with Gasteiger partial charge in [-0.3, -0.25) is 9.05 Å². The molecule has 0 radical (unpaired) electrons. The number of benzene rings is 2. The molecule has 0 bridgehead atoms. The summed E-state index contributed by atoms with van der Waals surface area (Å²) in [6.07, 6.45) is 3.61. The molecule has 1 aliphatic rings. The topological polar surface area (TPSA) is 55.8 Å². The minimum absolute atomic E-state index is 0.00507. The van der Waals surface area contributed by atoms with Crippen LogP contribution in [0.4, 0.5) is 0 Å². The van der Waals surface area contributed by atoms with Crippen molar-refractivity contribution < 1.29 is 18.5 Å². The van der Waals surface area contributed by atoms with Gasteiger partial charge in [0.25, 0.3) is 0 Å². The minimum atomic E-state index is -4.13. The summed E-state index contributed by atoms with van der Waals surface area (Å²) in [6, 6.07) is 19.8. The smallest absolute Gasteiger partial charge is 0.302 e. The van der Waals surface area contributed by atoms with Gasteiger partial charge in [0.2, 0.25) is 0 Å². The number of phosphoric ester groups is 1. The molecule has 3 atom stereocenters. The lowest BCUT2D eigenvalue weighted by Crippen LogP contribution is -2.38. The second-order valence-electron chi connectivity index (χ2n) is 6.21. The van der Waals surface area contributed by atoms with Crippen molar-refractivity contribution in [3.05, 3.63) is 71.8 Å². The first-order valence-electron chi connectivity index (χ1n) is 8.27. The van der Waals surface area contributed by atoms with Gasteiger partial charge in [-0.1, -0.05) is 73.5 Å². The van der Waals surface area contributed by atoms with E-state index in [1.54, 1.807) is 0 Å². The Morgan fingerprint density at radius 1 is 1.04 bits per heavy atom. The zero-order valence-electron chi connectivity index (χ0n) is 13.8. The van der Waals surface area contributed by atoms with Gasteiger partial charge >= 0.3 is 7.82 Å². The average Bonchev–Trinajstić information content (AvgIpc) is 2.63. The van der Waals surface area contributed by atoms with Crippen molar-refractivity contribution in [2.75, 3.05) is 7.11 Å². The van der Waals surface area contributed by atoms with E-state index in [0.29, 0.717) is 6.42 Å². The normalized spacial score (nSPS) is 26.7. The molecular formula is C19H23O4P. The monoisotopic (exact) mass is 346 g/mol. The van der Waals surface area contributed by atoms with Crippen LogP contribution in [0.25, 0.3) is 0 Å². The molecule has 0 saturated heterocycles. The largest absolute Gasteiger partial charge is 0.472 e. The van der Waals surface area contributed by atoms with Gasteiger partial charge in [-0.05, 0) is 24.0 Å². The van der Waals surface area contributed by atoms with Gasteiger partial charge in [0.15, 0.2) is 0 Å². The van der Waals surface area contributed by atoms with Crippen LogP contribution in [0.15, 0.2) is 60.7 Å². The summed E-state index contributed by atoms with van der Waals surface area (Å²) in [6.45, 7) is 0. The molecule has 1 aliphatic carbocycles. The second kappa shape index (κ2) is 7.20. The molecule has 4 nitrogen and oxygen atoms in total. The molecule has 1 N–H and O–H groups in total. The minimum Gasteiger partial charge on any atom is -0.302 e. The molecule has 0 heterocycles. The van der Waals surface area contributed by atoms with Crippen molar-refractivity contribution in [1.82, 2.24) is 0 Å². The van der Waals surface area contributed by atoms with Crippen LogP contribution in [0.5, 0.6) is 0 Å². The maximum absolute atomic E-state index is 12.3. The molecule has 2 aromatic carbocycles. The first-order valence-corrected chi connectivity index (χ1v) is 9.77. The highest BCUT2D eigenvalue weighted by atomic mass is 31.2. The third-order valence-electron chi connectivity index (χ3n) is 4.83. The summed E-state index contributed by atoms with van der Waals surface area (Å²) in [7, 11) is -2.92. The van der Waals surface area contributed by atoms with E-state index in [9.17, 15) is 9.46 Å². The van der Waals surface area contributed by atoms with Crippen LogP contribution in [-0.2, 0) is 19.2 Å². The standard InChI is InChI=1S/C19H23O4P/c1-22-24(20,21)23-19(17-12-6-3-7-13-17)15-9-8-14-18(19)16-10-4-2-5-11-16/h2-7,10-13,18H,8-9,14-15H2,1H3,(H,20,21). The van der Waals surface area contributed by atoms with Crippen LogP contribution >= 0.6 is 7.82 Å². The van der Waals surface area contributed by atoms with Gasteiger partial charge in [-0.2, -0.15) is 0 Å². The van der Waals surface area contributed by atoms with Crippen LogP contribution in [0.2, 0.25) is 0 Å². The summed E-state index contributed by atoms with van der Waals surface area (Å²) in [5, 5.41) is 0. The van der Waals surface area contributed by atoms with Crippen molar-refractivity contribution in [3.63, 3.8) is 0 Å². The highest BCUT2D eigenvalue weighted by molar-refractivity contribution is 7.47. The van der Waals surface area contributed by atoms with E-state index in [2.05, 4.69) is 12.1 Å². The molecule has 3 unspecified atom stereocenters. The number of hydrogen-bond donors (Lipinski definition) is 1. The van der Waals surface area contributed by atoms with Gasteiger partial charge in [-0.15, -0.1) is 0 Å². The fraction of sp³-hybridized carbons (Fsp3) is 0.368. The van der Waals surface area contributed by atoms with E-state index >= 15 is 0 Å². The summed E-state index contributed by atoms with van der Waals surface area (Å²) in [4.78, 5) is 10.1. The maximum Gasteiger partial charge on any atom is 0.472 e. The van der Waals surface area contributed by atoms with Crippen molar-refractivity contribution in [2.24, 2.45) is 0 Å². The Kier molecular flexibility index (Phi) is 5.21. The lowest BCUT2D eigenvalue weighted by atomic mass is 9.69. The van der Waals surface area contributed by atoms with Gasteiger partial charge in [0.1, 0.15) is 5.60 Å². The fourth-order valence-electron chi connectivity index (χ4n) is 3.74. The van der Waals surface area contributed by atoms with Crippen molar-refractivity contribution in [3.8, 4) is 0 Å². The molecule has 0 amide bonds. The lowest BCUT2D eigenvalue weighted by Gasteiger charge is -2.44. The third-order valence-corrected chi connectivity index (χ3v) is 5.85. The highest BCUT2D eigenvalue weighted by Crippen LogP contribution is 2.58. The van der Waals surface area contributed by atoms with Crippen LogP contribution in [-0.4, -0.2) is 12.0 Å². The fourth-order valence-corrected chi connectivity index (χ4v) is 4.55. The van der Waals surface area contributed by atoms with E-state index in [4.69, 9.17) is 9.05 Å². The van der Waals surface area contributed by atoms with Crippen molar-refractivity contribution >= 4 is 7.82 Å². The van der Waals surface area contributed by atoms with Crippen LogP contribution in [0, 0.1) is 0 Å². The van der Waals surface area contributed by atoms with E-state index in [-0.39, 0.29) is 5.92 Å². The van der Waals surface area contributed by atoms with E-state index < -0.39 is 13.4 Å². The quantitative estimate of drug-likeness (QED) is 0.774. The SMILES string of the molecule is COP(=O)(O)OC1(c2ccccc2)CCCCC1c1ccccc1. The Morgan fingerprint density at radius 2 is 1.67 bits per heavy atom. The molecule has 128 valence electrons. The van der Waals surface area contributed by atoms with E-state index in [1.165, 1.54) is 7.11 Å². The maximum atomic E-state index is 12.3. The molecule has 1 saturated carbocycles. The zero-order chi connectivity index (χ0) is 17.0. The lowest BCUT2D eigenvalue weighted by molar-refractivity contribution is -0.0245. The number of phosphoric acid groups is 1. The molecule has 3 rings (SSSR count). The van der Waals surface area contributed by atoms with Gasteiger partial charge < -0.3 is 4.89 Å². The van der Waals surface area contributed by atoms with Gasteiger partial charge in [-0.25, -0.2) is 4.57 Å². The molecule has 2 aromatic rings. The average molecular weight is 346 g/mol. The van der Waals surface area contributed by atoms with Crippen LogP contribution in [0.1, 0.15) is 42.7 Å². The Morgan fingerprint density at radius 3 is 2.29 bits per heavy atom. The van der Waals surface area contributed by atoms with E-state index in [1.807, 2.05) is 48.5 Å². The van der Waals surface area contributed by atoms with Gasteiger partial charge in [0, 0.05) is 13.0 Å². The molecular weight excluding hydrogens is 323 g/mol. The number of hydrogen-bond acceptors (Lipinski definition) is 3. The number of rotatable bonds is 5. The highest BCUT2D eigenvalue weighted by Gasteiger charge is 2.48. The second-order valence-corrected chi connectivity index (χ2v) is 7.69. The van der Waals surface area contributed by atoms with Crippen LogP contribution in [0.3, 0.4) is 0 Å². The molecule has 24 heavy (non-hydrogen) atoms. The summed E-state index contributed by atoms with van der Waals surface area (Å²) in [5.74, 6) is 0.00507. The zero-order valence-corrected chi connectivity index (χ0v) is 14.7. The first-order chi connectivity index (χ1) is 11.6. The Bertz CT molecular complexity index is 704. The molecule has 0 aliphatic heterocycles. The summed E-state index contributed by atoms with van der Waals surface area (Å²) in [5.41, 5.74) is 1.18.